The molecule has 0 heterocycles. The summed E-state index contributed by atoms with van der Waals surface area (Å²) in [6.07, 6.45) is 8.23. The van der Waals surface area contributed by atoms with Crippen LogP contribution in [0.5, 0.6) is 0 Å². The summed E-state index contributed by atoms with van der Waals surface area (Å²) in [6, 6.07) is -1.01. The summed E-state index contributed by atoms with van der Waals surface area (Å²) >= 11 is 0. The van der Waals surface area contributed by atoms with Crippen LogP contribution in [0.2, 0.25) is 0 Å². The molecule has 0 bridgehead atoms. The lowest BCUT2D eigenvalue weighted by molar-refractivity contribution is -0.139. The summed E-state index contributed by atoms with van der Waals surface area (Å²) in [4.78, 5) is 35.7. The average Bonchev–Trinajstić information content (AvgIpc) is 3.68. The number of hydrogen-bond donors (Lipinski definition) is 3. The number of unbranched alkanes of at least 4 members (excludes halogenated alkanes) is 1. The van der Waals surface area contributed by atoms with Crippen LogP contribution in [-0.4, -0.2) is 49.1 Å². The van der Waals surface area contributed by atoms with Crippen LogP contribution in [0.15, 0.2) is 0 Å². The van der Waals surface area contributed by atoms with Crippen molar-refractivity contribution in [1.29, 1.82) is 0 Å². The summed E-state index contributed by atoms with van der Waals surface area (Å²) in [5, 5.41) is 14.7. The predicted octanol–water partition coefficient (Wildman–Crippen LogP) is 3.94. The summed E-state index contributed by atoms with van der Waals surface area (Å²) in [6.45, 7) is 1.18. The van der Waals surface area contributed by atoms with Crippen LogP contribution in [0.25, 0.3) is 0 Å². The number of alkyl carbamates (subject to hydrolysis) is 2. The van der Waals surface area contributed by atoms with E-state index in [1.807, 2.05) is 0 Å². The number of fused-ring (bicyclic) bond motifs is 2. The van der Waals surface area contributed by atoms with Crippen LogP contribution in [0.3, 0.4) is 0 Å². The average molecular weight is 499 g/mol. The maximum atomic E-state index is 12.2. The standard InChI is InChI=1S/C28H38N2O6/c31-26(32)25(30-28(34)36-18-24-21-13-7-3-4-8-14-22(21)24)15-9-10-16-29-27(33)35-17-23-19-11-5-1-2-6-12-20(19)23/h19-25H,5-18H2,(H,29,33)(H,30,34)(H,31,32)/t19-,20?,21-,22?,23?,24?,25?/m0/s1. The van der Waals surface area contributed by atoms with E-state index in [0.29, 0.717) is 68.1 Å². The predicted molar refractivity (Wildman–Crippen MR) is 133 cm³/mol. The molecule has 2 amide bonds. The Kier molecular flexibility index (Phi) is 9.39. The van der Waals surface area contributed by atoms with Crippen molar-refractivity contribution in [2.75, 3.05) is 19.8 Å². The molecule has 4 aliphatic carbocycles. The monoisotopic (exact) mass is 498 g/mol. The fourth-order valence-corrected chi connectivity index (χ4v) is 6.06. The lowest BCUT2D eigenvalue weighted by Gasteiger charge is -2.15. The summed E-state index contributed by atoms with van der Waals surface area (Å²) in [5.41, 5.74) is 0. The summed E-state index contributed by atoms with van der Waals surface area (Å²) < 4.78 is 10.7. The van der Waals surface area contributed by atoms with E-state index in [1.54, 1.807) is 0 Å². The Morgan fingerprint density at radius 2 is 1.22 bits per heavy atom. The van der Waals surface area contributed by atoms with Crippen molar-refractivity contribution in [3.05, 3.63) is 0 Å². The van der Waals surface area contributed by atoms with E-state index in [9.17, 15) is 19.5 Å². The van der Waals surface area contributed by atoms with Crippen LogP contribution >= 0.6 is 0 Å². The fourth-order valence-electron chi connectivity index (χ4n) is 6.06. The largest absolute Gasteiger partial charge is 0.480 e. The summed E-state index contributed by atoms with van der Waals surface area (Å²) in [5.74, 6) is 14.8. The van der Waals surface area contributed by atoms with Gasteiger partial charge in [0.1, 0.15) is 6.04 Å². The van der Waals surface area contributed by atoms with E-state index >= 15 is 0 Å². The van der Waals surface area contributed by atoms with Crippen molar-refractivity contribution in [1.82, 2.24) is 10.6 Å². The van der Waals surface area contributed by atoms with Gasteiger partial charge in [-0.1, -0.05) is 0 Å². The van der Waals surface area contributed by atoms with Gasteiger partial charge in [0.25, 0.3) is 0 Å². The Morgan fingerprint density at radius 1 is 0.750 bits per heavy atom. The van der Waals surface area contributed by atoms with E-state index in [-0.39, 0.29) is 6.42 Å². The van der Waals surface area contributed by atoms with Crippen molar-refractivity contribution in [2.45, 2.75) is 76.7 Å². The SMILES string of the molecule is O=C(NCCCCC(NC(=O)OCC1C2CCC#CCC[C@@H]21)C(=O)O)OCC1C2CCC#CCC[C@@H]21. The normalized spacial score (nSPS) is 30.3. The highest BCUT2D eigenvalue weighted by Crippen LogP contribution is 2.53. The number of hydrogen-bond acceptors (Lipinski definition) is 5. The minimum Gasteiger partial charge on any atom is -0.480 e. The first-order valence-electron chi connectivity index (χ1n) is 13.5. The first-order chi connectivity index (χ1) is 17.5. The van der Waals surface area contributed by atoms with Crippen molar-refractivity contribution in [2.24, 2.45) is 35.5 Å². The number of ether oxygens (including phenoxy) is 2. The number of carboxylic acids is 1. The van der Waals surface area contributed by atoms with Gasteiger partial charge < -0.3 is 25.2 Å². The van der Waals surface area contributed by atoms with Crippen molar-refractivity contribution < 1.29 is 29.0 Å². The van der Waals surface area contributed by atoms with Gasteiger partial charge in [-0.3, -0.25) is 0 Å². The second-order valence-electron chi connectivity index (χ2n) is 10.5. The van der Waals surface area contributed by atoms with Crippen molar-refractivity contribution in [3.63, 3.8) is 0 Å². The van der Waals surface area contributed by atoms with E-state index in [2.05, 4.69) is 34.3 Å². The Balaban J connectivity index is 1.04. The third-order valence-corrected chi connectivity index (χ3v) is 8.27. The highest BCUT2D eigenvalue weighted by Gasteiger charge is 2.50. The number of carbonyl (C=O) groups excluding carboxylic acids is 2. The molecule has 0 radical (unpaired) electrons. The minimum absolute atomic E-state index is 0.265. The molecule has 0 aromatic heterocycles. The molecule has 0 spiro atoms. The second-order valence-corrected chi connectivity index (χ2v) is 10.5. The number of aliphatic carboxylic acids is 1. The molecule has 0 aromatic rings. The lowest BCUT2D eigenvalue weighted by Crippen LogP contribution is -2.41. The lowest BCUT2D eigenvalue weighted by atomic mass is 10.1. The molecule has 4 aliphatic rings. The number of carbonyl (C=O) groups is 3. The van der Waals surface area contributed by atoms with Crippen LogP contribution in [0.1, 0.15) is 70.6 Å². The number of rotatable bonds is 11. The third-order valence-electron chi connectivity index (χ3n) is 8.27. The van der Waals surface area contributed by atoms with Gasteiger partial charge in [-0.2, -0.15) is 0 Å². The number of nitrogens with one attached hydrogen (secondary N) is 2. The highest BCUT2D eigenvalue weighted by atomic mass is 16.6. The Hall–Kier alpha value is -2.87. The van der Waals surface area contributed by atoms with Crippen molar-refractivity contribution >= 4 is 18.2 Å². The zero-order chi connectivity index (χ0) is 25.3. The smallest absolute Gasteiger partial charge is 0.407 e. The van der Waals surface area contributed by atoms with Gasteiger partial charge in [-0.25, -0.2) is 14.4 Å². The summed E-state index contributed by atoms with van der Waals surface area (Å²) in [7, 11) is 0. The maximum Gasteiger partial charge on any atom is 0.407 e. The third kappa shape index (κ3) is 7.56. The van der Waals surface area contributed by atoms with E-state index in [4.69, 9.17) is 9.47 Å². The molecule has 8 nitrogen and oxygen atoms in total. The Bertz CT molecular complexity index is 892. The van der Waals surface area contributed by atoms with E-state index < -0.39 is 24.2 Å². The van der Waals surface area contributed by atoms with Crippen LogP contribution in [0, 0.1) is 59.2 Å². The first-order valence-corrected chi connectivity index (χ1v) is 13.5. The van der Waals surface area contributed by atoms with Gasteiger partial charge in [0.2, 0.25) is 0 Å². The zero-order valence-corrected chi connectivity index (χ0v) is 20.9. The van der Waals surface area contributed by atoms with E-state index in [0.717, 1.165) is 51.4 Å². The van der Waals surface area contributed by atoms with Gasteiger partial charge in [0.05, 0.1) is 13.2 Å². The zero-order valence-electron chi connectivity index (χ0n) is 20.9. The van der Waals surface area contributed by atoms with Gasteiger partial charge in [0, 0.05) is 32.2 Å². The maximum absolute atomic E-state index is 12.2. The molecular weight excluding hydrogens is 460 g/mol. The molecule has 4 rings (SSSR count). The minimum atomic E-state index is -1.09. The second kappa shape index (κ2) is 12.9. The molecule has 2 fully saturated rings. The molecule has 7 atom stereocenters. The molecule has 196 valence electrons. The van der Waals surface area contributed by atoms with Gasteiger partial charge in [0.15, 0.2) is 0 Å². The van der Waals surface area contributed by atoms with E-state index in [1.165, 1.54) is 0 Å². The van der Waals surface area contributed by atoms with Crippen molar-refractivity contribution in [3.8, 4) is 23.7 Å². The molecular formula is C28H38N2O6. The Morgan fingerprint density at radius 3 is 1.69 bits per heavy atom. The quantitative estimate of drug-likeness (QED) is 0.294. The fraction of sp³-hybridized carbons (Fsp3) is 0.750. The van der Waals surface area contributed by atoms with Crippen LogP contribution in [0.4, 0.5) is 9.59 Å². The molecule has 0 aromatic carbocycles. The van der Waals surface area contributed by atoms with Crippen LogP contribution in [-0.2, 0) is 14.3 Å². The van der Waals surface area contributed by atoms with Crippen LogP contribution < -0.4 is 10.6 Å². The van der Waals surface area contributed by atoms with Gasteiger partial charge in [-0.05, 0) is 80.5 Å². The molecule has 2 saturated carbocycles. The number of amides is 2. The highest BCUT2D eigenvalue weighted by molar-refractivity contribution is 5.79. The molecule has 0 saturated heterocycles. The van der Waals surface area contributed by atoms with Gasteiger partial charge >= 0.3 is 18.2 Å². The molecule has 0 aliphatic heterocycles. The first kappa shape index (κ1) is 26.2. The number of carboxylic acid groups (broad SMARTS) is 1. The Labute approximate surface area is 213 Å². The molecule has 8 heteroatoms. The molecule has 36 heavy (non-hydrogen) atoms. The molecule has 5 unspecified atom stereocenters. The topological polar surface area (TPSA) is 114 Å². The molecule has 3 N–H and O–H groups in total. The van der Waals surface area contributed by atoms with Gasteiger partial charge in [-0.15, -0.1) is 23.7 Å².